The molecule has 0 aliphatic carbocycles. The molecule has 1 aromatic rings. The van der Waals surface area contributed by atoms with Crippen LogP contribution in [0.4, 0.5) is 0 Å². The number of carboxylic acid groups (broad SMARTS) is 1. The summed E-state index contributed by atoms with van der Waals surface area (Å²) in [6, 6.07) is 1.79. The van der Waals surface area contributed by atoms with Crippen molar-refractivity contribution in [2.24, 2.45) is 5.73 Å². The number of aromatic carboxylic acids is 1. The molecule has 1 aromatic heterocycles. The molecule has 0 spiro atoms. The first-order valence-corrected chi connectivity index (χ1v) is 6.36. The first kappa shape index (κ1) is 13.1. The zero-order valence-electron chi connectivity index (χ0n) is 9.53. The SMILES string of the molecule is CCC(N)CSCc1cc(C(=O)O)oc1C. The van der Waals surface area contributed by atoms with Crippen molar-refractivity contribution >= 4 is 17.7 Å². The van der Waals surface area contributed by atoms with E-state index >= 15 is 0 Å². The Balaban J connectivity index is 2.51. The van der Waals surface area contributed by atoms with Gasteiger partial charge in [0.1, 0.15) is 5.76 Å². The van der Waals surface area contributed by atoms with Gasteiger partial charge in [-0.25, -0.2) is 4.79 Å². The Morgan fingerprint density at radius 2 is 2.38 bits per heavy atom. The standard InChI is InChI=1S/C11H17NO3S/c1-3-9(12)6-16-5-8-4-10(11(13)14)15-7(8)2/h4,9H,3,5-6,12H2,1-2H3,(H,13,14). The van der Waals surface area contributed by atoms with Gasteiger partial charge >= 0.3 is 5.97 Å². The summed E-state index contributed by atoms with van der Waals surface area (Å²) in [4.78, 5) is 10.7. The highest BCUT2D eigenvalue weighted by molar-refractivity contribution is 7.98. The van der Waals surface area contributed by atoms with E-state index in [1.807, 2.05) is 0 Å². The fourth-order valence-corrected chi connectivity index (χ4v) is 2.37. The highest BCUT2D eigenvalue weighted by Crippen LogP contribution is 2.20. The lowest BCUT2D eigenvalue weighted by molar-refractivity contribution is 0.0661. The van der Waals surface area contributed by atoms with E-state index in [0.717, 1.165) is 23.5 Å². The number of thioether (sulfide) groups is 1. The van der Waals surface area contributed by atoms with Crippen molar-refractivity contribution in [3.8, 4) is 0 Å². The van der Waals surface area contributed by atoms with Crippen molar-refractivity contribution in [3.05, 3.63) is 23.2 Å². The third kappa shape index (κ3) is 3.57. The van der Waals surface area contributed by atoms with Crippen LogP contribution >= 0.6 is 11.8 Å². The Bertz CT molecular complexity index is 362. The van der Waals surface area contributed by atoms with Gasteiger partial charge in [0, 0.05) is 23.1 Å². The van der Waals surface area contributed by atoms with Crippen molar-refractivity contribution in [2.75, 3.05) is 5.75 Å². The van der Waals surface area contributed by atoms with Crippen LogP contribution in [-0.2, 0) is 5.75 Å². The number of nitrogens with two attached hydrogens (primary N) is 1. The van der Waals surface area contributed by atoms with Gasteiger partial charge in [-0.1, -0.05) is 6.92 Å². The van der Waals surface area contributed by atoms with Crippen LogP contribution in [-0.4, -0.2) is 22.9 Å². The molecule has 3 N–H and O–H groups in total. The van der Waals surface area contributed by atoms with E-state index in [1.54, 1.807) is 24.8 Å². The zero-order chi connectivity index (χ0) is 12.1. The maximum Gasteiger partial charge on any atom is 0.371 e. The maximum absolute atomic E-state index is 10.7. The molecule has 0 radical (unpaired) electrons. The molecule has 1 atom stereocenters. The van der Waals surface area contributed by atoms with Crippen LogP contribution < -0.4 is 5.73 Å². The summed E-state index contributed by atoms with van der Waals surface area (Å²) in [5.74, 6) is 1.28. The third-order valence-electron chi connectivity index (χ3n) is 2.35. The van der Waals surface area contributed by atoms with Crippen molar-refractivity contribution < 1.29 is 14.3 Å². The molecule has 0 bridgehead atoms. The van der Waals surface area contributed by atoms with Gasteiger partial charge in [-0.3, -0.25) is 0 Å². The lowest BCUT2D eigenvalue weighted by atomic mass is 10.3. The topological polar surface area (TPSA) is 76.5 Å². The van der Waals surface area contributed by atoms with E-state index in [0.29, 0.717) is 5.76 Å². The van der Waals surface area contributed by atoms with E-state index < -0.39 is 5.97 Å². The summed E-state index contributed by atoms with van der Waals surface area (Å²) >= 11 is 1.70. The van der Waals surface area contributed by atoms with Gasteiger partial charge in [-0.15, -0.1) is 0 Å². The van der Waals surface area contributed by atoms with Crippen molar-refractivity contribution in [3.63, 3.8) is 0 Å². The fraction of sp³-hybridized carbons (Fsp3) is 0.545. The zero-order valence-corrected chi connectivity index (χ0v) is 10.3. The molecule has 1 rings (SSSR count). The van der Waals surface area contributed by atoms with Crippen LogP contribution in [0.5, 0.6) is 0 Å². The second-order valence-corrected chi connectivity index (χ2v) is 4.71. The smallest absolute Gasteiger partial charge is 0.371 e. The number of furan rings is 1. The Morgan fingerprint density at radius 3 is 2.88 bits per heavy atom. The predicted molar refractivity (Wildman–Crippen MR) is 64.8 cm³/mol. The second-order valence-electron chi connectivity index (χ2n) is 3.68. The van der Waals surface area contributed by atoms with Crippen LogP contribution in [0.1, 0.15) is 35.2 Å². The summed E-state index contributed by atoms with van der Waals surface area (Å²) < 4.78 is 5.12. The highest BCUT2D eigenvalue weighted by atomic mass is 32.2. The predicted octanol–water partition coefficient (Wildman–Crippen LogP) is 2.26. The van der Waals surface area contributed by atoms with Gasteiger partial charge in [0.2, 0.25) is 5.76 Å². The Labute approximate surface area is 99.2 Å². The quantitative estimate of drug-likeness (QED) is 0.801. The second kappa shape index (κ2) is 5.96. The summed E-state index contributed by atoms with van der Waals surface area (Å²) in [5, 5.41) is 8.75. The van der Waals surface area contributed by atoms with E-state index in [-0.39, 0.29) is 11.8 Å². The van der Waals surface area contributed by atoms with Crippen molar-refractivity contribution in [1.82, 2.24) is 0 Å². The first-order chi connectivity index (χ1) is 7.54. The molecule has 0 aromatic carbocycles. The number of rotatable bonds is 6. The van der Waals surface area contributed by atoms with Gasteiger partial charge in [-0.05, 0) is 19.4 Å². The van der Waals surface area contributed by atoms with Crippen LogP contribution in [0.2, 0.25) is 0 Å². The number of hydrogen-bond acceptors (Lipinski definition) is 4. The average Bonchev–Trinajstić information content (AvgIpc) is 2.60. The number of carbonyl (C=O) groups is 1. The monoisotopic (exact) mass is 243 g/mol. The Morgan fingerprint density at radius 1 is 1.69 bits per heavy atom. The van der Waals surface area contributed by atoms with E-state index in [9.17, 15) is 4.79 Å². The molecule has 16 heavy (non-hydrogen) atoms. The molecular weight excluding hydrogens is 226 g/mol. The molecular formula is C11H17NO3S. The highest BCUT2D eigenvalue weighted by Gasteiger charge is 2.13. The molecule has 4 nitrogen and oxygen atoms in total. The van der Waals surface area contributed by atoms with Gasteiger partial charge in [-0.2, -0.15) is 11.8 Å². The molecule has 1 unspecified atom stereocenters. The summed E-state index contributed by atoms with van der Waals surface area (Å²) in [6.07, 6.45) is 0.956. The van der Waals surface area contributed by atoms with Crippen LogP contribution in [0, 0.1) is 6.92 Å². The summed E-state index contributed by atoms with van der Waals surface area (Å²) in [6.45, 7) is 3.83. The fourth-order valence-electron chi connectivity index (χ4n) is 1.21. The van der Waals surface area contributed by atoms with E-state index in [2.05, 4.69) is 6.92 Å². The number of aryl methyl sites for hydroxylation is 1. The summed E-state index contributed by atoms with van der Waals surface area (Å²) in [5.41, 5.74) is 6.73. The molecule has 0 saturated heterocycles. The maximum atomic E-state index is 10.7. The lowest BCUT2D eigenvalue weighted by Crippen LogP contribution is -2.21. The van der Waals surface area contributed by atoms with Gasteiger partial charge in [0.15, 0.2) is 0 Å². The molecule has 0 aliphatic rings. The van der Waals surface area contributed by atoms with E-state index in [1.165, 1.54) is 0 Å². The molecule has 0 saturated carbocycles. The number of hydrogen-bond donors (Lipinski definition) is 2. The Kier molecular flexibility index (Phi) is 4.89. The Hall–Kier alpha value is -0.940. The lowest BCUT2D eigenvalue weighted by Gasteiger charge is -2.06. The molecule has 0 aliphatic heterocycles. The minimum atomic E-state index is -1.02. The average molecular weight is 243 g/mol. The van der Waals surface area contributed by atoms with E-state index in [4.69, 9.17) is 15.3 Å². The van der Waals surface area contributed by atoms with Crippen LogP contribution in [0.15, 0.2) is 10.5 Å². The minimum absolute atomic E-state index is 0.00731. The van der Waals surface area contributed by atoms with Crippen molar-refractivity contribution in [1.29, 1.82) is 0 Å². The minimum Gasteiger partial charge on any atom is -0.475 e. The van der Waals surface area contributed by atoms with Gasteiger partial charge in [0.05, 0.1) is 0 Å². The molecule has 1 heterocycles. The van der Waals surface area contributed by atoms with Crippen molar-refractivity contribution in [2.45, 2.75) is 32.1 Å². The largest absolute Gasteiger partial charge is 0.475 e. The molecule has 0 fully saturated rings. The number of carboxylic acids is 1. The molecule has 5 heteroatoms. The van der Waals surface area contributed by atoms with Crippen LogP contribution in [0.3, 0.4) is 0 Å². The normalized spacial score (nSPS) is 12.7. The summed E-state index contributed by atoms with van der Waals surface area (Å²) in [7, 11) is 0. The molecule has 0 amide bonds. The van der Waals surface area contributed by atoms with Crippen LogP contribution in [0.25, 0.3) is 0 Å². The molecule has 90 valence electrons. The van der Waals surface area contributed by atoms with Gasteiger partial charge in [0.25, 0.3) is 0 Å². The van der Waals surface area contributed by atoms with Gasteiger partial charge < -0.3 is 15.3 Å². The third-order valence-corrected chi connectivity index (χ3v) is 3.52. The first-order valence-electron chi connectivity index (χ1n) is 5.20.